The van der Waals surface area contributed by atoms with Gasteiger partial charge in [0.05, 0.1) is 19.3 Å². The van der Waals surface area contributed by atoms with Crippen molar-refractivity contribution >= 4 is 17.7 Å². The van der Waals surface area contributed by atoms with Crippen LogP contribution in [0.15, 0.2) is 24.3 Å². The van der Waals surface area contributed by atoms with Crippen LogP contribution in [0, 0.1) is 0 Å². The van der Waals surface area contributed by atoms with E-state index in [-0.39, 0.29) is 12.1 Å². The Morgan fingerprint density at radius 1 is 1.24 bits per heavy atom. The van der Waals surface area contributed by atoms with E-state index in [4.69, 9.17) is 14.2 Å². The van der Waals surface area contributed by atoms with Gasteiger partial charge in [0.1, 0.15) is 11.4 Å². The maximum atomic E-state index is 12.0. The van der Waals surface area contributed by atoms with Crippen molar-refractivity contribution in [3.8, 4) is 5.75 Å². The number of carbonyl (C=O) groups is 1. The van der Waals surface area contributed by atoms with E-state index in [0.29, 0.717) is 13.2 Å². The number of anilines is 1. The van der Waals surface area contributed by atoms with Crippen LogP contribution in [0.5, 0.6) is 5.75 Å². The van der Waals surface area contributed by atoms with Gasteiger partial charge in [0.15, 0.2) is 0 Å². The number of morpholine rings is 1. The fourth-order valence-corrected chi connectivity index (χ4v) is 2.60. The van der Waals surface area contributed by atoms with E-state index < -0.39 is 5.60 Å². The highest BCUT2D eigenvalue weighted by Crippen LogP contribution is 2.28. The summed E-state index contributed by atoms with van der Waals surface area (Å²) in [4.78, 5) is 14.3. The topological polar surface area (TPSA) is 48.0 Å². The smallest absolute Gasteiger partial charge is 0.331 e. The Bertz CT molecular complexity index is 611. The van der Waals surface area contributed by atoms with E-state index in [1.54, 1.807) is 6.08 Å². The van der Waals surface area contributed by atoms with Gasteiger partial charge in [-0.25, -0.2) is 4.79 Å². The maximum absolute atomic E-state index is 12.0. The minimum absolute atomic E-state index is 0.0944. The van der Waals surface area contributed by atoms with Crippen molar-refractivity contribution in [3.05, 3.63) is 29.8 Å². The summed E-state index contributed by atoms with van der Waals surface area (Å²) >= 11 is 0. The van der Waals surface area contributed by atoms with Gasteiger partial charge in [-0.05, 0) is 58.9 Å². The summed E-state index contributed by atoms with van der Waals surface area (Å²) in [5.41, 5.74) is 1.50. The summed E-state index contributed by atoms with van der Waals surface area (Å²) in [6, 6.07) is 5.97. The molecule has 0 aromatic heterocycles. The predicted molar refractivity (Wildman–Crippen MR) is 100 cm³/mol. The molecule has 2 rings (SSSR count). The average molecular weight is 347 g/mol. The van der Waals surface area contributed by atoms with Gasteiger partial charge >= 0.3 is 5.97 Å². The van der Waals surface area contributed by atoms with Crippen LogP contribution < -0.4 is 9.64 Å². The molecule has 5 heteroatoms. The van der Waals surface area contributed by atoms with Crippen molar-refractivity contribution in [2.75, 3.05) is 31.2 Å². The van der Waals surface area contributed by atoms with Crippen molar-refractivity contribution < 1.29 is 19.0 Å². The summed E-state index contributed by atoms with van der Waals surface area (Å²) in [5, 5.41) is 0. The molecule has 1 saturated heterocycles. The minimum atomic E-state index is -0.503. The first-order valence-corrected chi connectivity index (χ1v) is 8.79. The molecule has 0 unspecified atom stereocenters. The molecule has 0 atom stereocenters. The highest BCUT2D eigenvalue weighted by atomic mass is 16.6. The zero-order valence-electron chi connectivity index (χ0n) is 15.9. The number of rotatable bonds is 5. The molecule has 5 nitrogen and oxygen atoms in total. The minimum Gasteiger partial charge on any atom is -0.491 e. The van der Waals surface area contributed by atoms with Crippen LogP contribution in [0.2, 0.25) is 0 Å². The lowest BCUT2D eigenvalue weighted by Gasteiger charge is -2.30. The highest BCUT2D eigenvalue weighted by Gasteiger charge is 2.16. The van der Waals surface area contributed by atoms with E-state index in [0.717, 1.165) is 30.1 Å². The second-order valence-electron chi connectivity index (χ2n) is 7.35. The molecule has 138 valence electrons. The normalized spacial score (nSPS) is 15.7. The molecule has 0 bridgehead atoms. The molecule has 1 aromatic rings. The fourth-order valence-electron chi connectivity index (χ4n) is 2.60. The number of nitrogens with zero attached hydrogens (tertiary/aromatic N) is 1. The summed E-state index contributed by atoms with van der Waals surface area (Å²) in [6.45, 7) is 12.6. The number of carbonyl (C=O) groups excluding carboxylic acids is 1. The van der Waals surface area contributed by atoms with Crippen LogP contribution in [0.25, 0.3) is 6.08 Å². The molecule has 25 heavy (non-hydrogen) atoms. The Labute approximate surface area is 150 Å². The van der Waals surface area contributed by atoms with Crippen molar-refractivity contribution in [2.24, 2.45) is 0 Å². The Morgan fingerprint density at radius 2 is 1.92 bits per heavy atom. The molecule has 0 spiro atoms. The SMILES string of the molecule is CC(C)Oc1ccc(N2CCOCC2)c(/C=C/C(=O)OC(C)(C)C)c1. The average Bonchev–Trinajstić information content (AvgIpc) is 2.52. The Balaban J connectivity index is 2.25. The van der Waals surface area contributed by atoms with Crippen LogP contribution in [0.3, 0.4) is 0 Å². The first-order chi connectivity index (χ1) is 11.7. The van der Waals surface area contributed by atoms with Gasteiger partial charge < -0.3 is 19.1 Å². The molecule has 0 radical (unpaired) electrons. The highest BCUT2D eigenvalue weighted by molar-refractivity contribution is 5.89. The lowest BCUT2D eigenvalue weighted by molar-refractivity contribution is -0.148. The third-order valence-corrected chi connectivity index (χ3v) is 3.53. The van der Waals surface area contributed by atoms with Crippen molar-refractivity contribution in [1.82, 2.24) is 0 Å². The lowest BCUT2D eigenvalue weighted by atomic mass is 10.1. The molecule has 1 heterocycles. The molecule has 0 N–H and O–H groups in total. The molecule has 0 aliphatic carbocycles. The molecular weight excluding hydrogens is 318 g/mol. The van der Waals surface area contributed by atoms with Crippen LogP contribution >= 0.6 is 0 Å². The monoisotopic (exact) mass is 347 g/mol. The first kappa shape index (κ1) is 19.3. The summed E-state index contributed by atoms with van der Waals surface area (Å²) in [5.74, 6) is 0.437. The number of benzene rings is 1. The summed E-state index contributed by atoms with van der Waals surface area (Å²) in [7, 11) is 0. The van der Waals surface area contributed by atoms with Crippen LogP contribution in [-0.2, 0) is 14.3 Å². The second kappa shape index (κ2) is 8.39. The molecule has 1 aliphatic rings. The van der Waals surface area contributed by atoms with E-state index in [9.17, 15) is 4.79 Å². The van der Waals surface area contributed by atoms with Gasteiger partial charge in [-0.15, -0.1) is 0 Å². The van der Waals surface area contributed by atoms with E-state index in [2.05, 4.69) is 4.90 Å². The van der Waals surface area contributed by atoms with Crippen molar-refractivity contribution in [1.29, 1.82) is 0 Å². The Hall–Kier alpha value is -2.01. The third-order valence-electron chi connectivity index (χ3n) is 3.53. The maximum Gasteiger partial charge on any atom is 0.331 e. The third kappa shape index (κ3) is 6.42. The molecule has 0 saturated carbocycles. The second-order valence-corrected chi connectivity index (χ2v) is 7.35. The standard InChI is InChI=1S/C20H29NO4/c1-15(2)24-17-7-8-18(21-10-12-23-13-11-21)16(14-17)6-9-19(22)25-20(3,4)5/h6-9,14-15H,10-13H2,1-5H3/b9-6+. The summed E-state index contributed by atoms with van der Waals surface area (Å²) in [6.07, 6.45) is 3.37. The van der Waals surface area contributed by atoms with Gasteiger partial charge in [0.25, 0.3) is 0 Å². The van der Waals surface area contributed by atoms with Gasteiger partial charge in [0, 0.05) is 30.4 Å². The van der Waals surface area contributed by atoms with E-state index in [1.807, 2.05) is 52.8 Å². The number of hydrogen-bond donors (Lipinski definition) is 0. The summed E-state index contributed by atoms with van der Waals surface area (Å²) < 4.78 is 16.6. The molecule has 1 aliphatic heterocycles. The molecule has 1 fully saturated rings. The van der Waals surface area contributed by atoms with Crippen LogP contribution in [0.1, 0.15) is 40.2 Å². The van der Waals surface area contributed by atoms with E-state index in [1.165, 1.54) is 6.08 Å². The largest absolute Gasteiger partial charge is 0.491 e. The molecule has 0 amide bonds. The van der Waals surface area contributed by atoms with E-state index >= 15 is 0 Å². The Kier molecular flexibility index (Phi) is 6.48. The number of esters is 1. The van der Waals surface area contributed by atoms with Gasteiger partial charge in [0.2, 0.25) is 0 Å². The Morgan fingerprint density at radius 3 is 2.52 bits per heavy atom. The first-order valence-electron chi connectivity index (χ1n) is 8.79. The van der Waals surface area contributed by atoms with Crippen LogP contribution in [-0.4, -0.2) is 44.0 Å². The van der Waals surface area contributed by atoms with Crippen molar-refractivity contribution in [3.63, 3.8) is 0 Å². The van der Waals surface area contributed by atoms with Crippen LogP contribution in [0.4, 0.5) is 5.69 Å². The molecule has 1 aromatic carbocycles. The van der Waals surface area contributed by atoms with Gasteiger partial charge in [-0.1, -0.05) is 0 Å². The lowest BCUT2D eigenvalue weighted by Crippen LogP contribution is -2.36. The quantitative estimate of drug-likeness (QED) is 0.601. The van der Waals surface area contributed by atoms with Gasteiger partial charge in [-0.3, -0.25) is 0 Å². The van der Waals surface area contributed by atoms with Crippen molar-refractivity contribution in [2.45, 2.75) is 46.3 Å². The molecular formula is C20H29NO4. The number of ether oxygens (including phenoxy) is 3. The fraction of sp³-hybridized carbons (Fsp3) is 0.550. The zero-order chi connectivity index (χ0) is 18.4. The zero-order valence-corrected chi connectivity index (χ0v) is 15.9. The van der Waals surface area contributed by atoms with Gasteiger partial charge in [-0.2, -0.15) is 0 Å². The predicted octanol–water partition coefficient (Wildman–Crippen LogP) is 3.67. The number of hydrogen-bond acceptors (Lipinski definition) is 5.